The van der Waals surface area contributed by atoms with E-state index in [-0.39, 0.29) is 28.7 Å². The smallest absolute Gasteiger partial charge is 0.265 e. The van der Waals surface area contributed by atoms with E-state index >= 15 is 4.39 Å². The molecule has 13 heteroatoms. The van der Waals surface area contributed by atoms with Gasteiger partial charge < -0.3 is 20.3 Å². The number of hydrogen-bond acceptors (Lipinski definition) is 7. The van der Waals surface area contributed by atoms with Crippen LogP contribution in [0.25, 0.3) is 0 Å². The summed E-state index contributed by atoms with van der Waals surface area (Å²) in [6, 6.07) is 3.63. The maximum absolute atomic E-state index is 15.3. The van der Waals surface area contributed by atoms with E-state index < -0.39 is 43.7 Å². The molecule has 1 amide bonds. The highest BCUT2D eigenvalue weighted by Gasteiger charge is 2.33. The highest BCUT2D eigenvalue weighted by Crippen LogP contribution is 2.46. The fraction of sp³-hybridized carbons (Fsp3) is 0.409. The molecule has 0 radical (unpaired) electrons. The van der Waals surface area contributed by atoms with Crippen molar-refractivity contribution in [1.29, 1.82) is 0 Å². The van der Waals surface area contributed by atoms with Crippen molar-refractivity contribution >= 4 is 49.1 Å². The second kappa shape index (κ2) is 10.5. The Balaban J connectivity index is 1.62. The van der Waals surface area contributed by atoms with Crippen LogP contribution in [0.15, 0.2) is 27.6 Å². The molecule has 2 aromatic rings. The number of aromatic hydroxyl groups is 2. The molecule has 1 saturated heterocycles. The number of ether oxygens (including phenoxy) is 1. The molecule has 0 atom stereocenters. The predicted molar refractivity (Wildman–Crippen MR) is 131 cm³/mol. The average molecular weight is 593 g/mol. The Labute approximate surface area is 215 Å². The van der Waals surface area contributed by atoms with Gasteiger partial charge in [-0.25, -0.2) is 12.8 Å². The number of rotatable bonds is 8. The summed E-state index contributed by atoms with van der Waals surface area (Å²) in [4.78, 5) is 14.4. The molecule has 1 saturated carbocycles. The van der Waals surface area contributed by atoms with E-state index in [9.17, 15) is 23.4 Å². The Bertz CT molecular complexity index is 1250. The summed E-state index contributed by atoms with van der Waals surface area (Å²) in [6.45, 7) is 3.33. The van der Waals surface area contributed by atoms with Crippen LogP contribution in [0.4, 0.5) is 10.1 Å². The molecule has 35 heavy (non-hydrogen) atoms. The van der Waals surface area contributed by atoms with Gasteiger partial charge in [0.1, 0.15) is 16.3 Å². The van der Waals surface area contributed by atoms with Gasteiger partial charge in [0.25, 0.3) is 15.9 Å². The van der Waals surface area contributed by atoms with Crippen molar-refractivity contribution in [3.05, 3.63) is 44.6 Å². The highest BCUT2D eigenvalue weighted by molar-refractivity contribution is 9.10. The minimum absolute atomic E-state index is 0.135. The van der Waals surface area contributed by atoms with Gasteiger partial charge in [-0.05, 0) is 42.5 Å². The summed E-state index contributed by atoms with van der Waals surface area (Å²) in [7, 11) is -4.47. The van der Waals surface area contributed by atoms with Crippen LogP contribution < -0.4 is 10.0 Å². The first-order chi connectivity index (χ1) is 16.6. The molecular formula is C22H24BrClFN3O6S. The maximum atomic E-state index is 15.3. The lowest BCUT2D eigenvalue weighted by atomic mass is 10.0. The highest BCUT2D eigenvalue weighted by atomic mass is 79.9. The zero-order valence-electron chi connectivity index (χ0n) is 18.5. The summed E-state index contributed by atoms with van der Waals surface area (Å²) in [5, 5.41) is 23.3. The van der Waals surface area contributed by atoms with Crippen molar-refractivity contribution < 1.29 is 32.6 Å². The van der Waals surface area contributed by atoms with E-state index in [1.54, 1.807) is 0 Å². The molecule has 0 aromatic heterocycles. The number of morpholine rings is 1. The Morgan fingerprint density at radius 2 is 1.89 bits per heavy atom. The van der Waals surface area contributed by atoms with Gasteiger partial charge in [0.2, 0.25) is 0 Å². The van der Waals surface area contributed by atoms with Gasteiger partial charge in [0.15, 0.2) is 11.5 Å². The van der Waals surface area contributed by atoms with Crippen molar-refractivity contribution in [2.45, 2.75) is 23.7 Å². The van der Waals surface area contributed by atoms with E-state index in [1.807, 2.05) is 0 Å². The summed E-state index contributed by atoms with van der Waals surface area (Å²) in [5.74, 6) is -3.46. The molecule has 1 aliphatic heterocycles. The van der Waals surface area contributed by atoms with Crippen LogP contribution in [0, 0.1) is 5.82 Å². The van der Waals surface area contributed by atoms with Crippen LogP contribution in [-0.2, 0) is 14.8 Å². The van der Waals surface area contributed by atoms with Crippen molar-refractivity contribution in [3.8, 4) is 11.5 Å². The summed E-state index contributed by atoms with van der Waals surface area (Å²) in [5.41, 5.74) is -0.872. The monoisotopic (exact) mass is 591 g/mol. The topological polar surface area (TPSA) is 128 Å². The Kier molecular flexibility index (Phi) is 7.77. The third kappa shape index (κ3) is 5.83. The van der Waals surface area contributed by atoms with Crippen molar-refractivity contribution in [2.24, 2.45) is 0 Å². The zero-order valence-corrected chi connectivity index (χ0v) is 21.6. The predicted octanol–water partition coefficient (Wildman–Crippen LogP) is 3.39. The standard InChI is InChI=1S/C22H24BrClFN3O6S/c23-13-9-15(24)20(29)17(10-13)35(32,33)27-16-11-14(12-1-2-12)19(25)18(21(16)30)22(31)26-3-4-28-5-7-34-8-6-28/h9-12,27,29-30H,1-8H2,(H,26,31). The number of carbonyl (C=O) groups excluding carboxylic acids is 1. The fourth-order valence-electron chi connectivity index (χ4n) is 3.83. The maximum Gasteiger partial charge on any atom is 0.265 e. The first-order valence-electron chi connectivity index (χ1n) is 10.9. The van der Waals surface area contributed by atoms with Gasteiger partial charge in [-0.1, -0.05) is 27.5 Å². The third-order valence-electron chi connectivity index (χ3n) is 5.85. The normalized spacial score (nSPS) is 16.8. The van der Waals surface area contributed by atoms with Gasteiger partial charge in [0.05, 0.1) is 23.9 Å². The number of amides is 1. The van der Waals surface area contributed by atoms with Crippen LogP contribution in [0.2, 0.25) is 5.02 Å². The molecular weight excluding hydrogens is 569 g/mol. The number of nitrogens with zero attached hydrogens (tertiary/aromatic N) is 1. The van der Waals surface area contributed by atoms with Crippen LogP contribution in [0.3, 0.4) is 0 Å². The van der Waals surface area contributed by atoms with Crippen molar-refractivity contribution in [2.75, 3.05) is 44.1 Å². The largest absolute Gasteiger partial charge is 0.505 e. The number of nitrogens with one attached hydrogen (secondary N) is 2. The van der Waals surface area contributed by atoms with E-state index in [0.29, 0.717) is 50.2 Å². The van der Waals surface area contributed by atoms with Crippen LogP contribution in [0.5, 0.6) is 11.5 Å². The molecule has 4 N–H and O–H groups in total. The molecule has 1 aliphatic carbocycles. The van der Waals surface area contributed by atoms with E-state index in [4.69, 9.17) is 16.3 Å². The molecule has 2 fully saturated rings. The molecule has 0 unspecified atom stereocenters. The Hall–Kier alpha value is -2.12. The number of benzene rings is 2. The molecule has 2 aromatic carbocycles. The Morgan fingerprint density at radius 1 is 1.20 bits per heavy atom. The van der Waals surface area contributed by atoms with Gasteiger partial charge in [-0.3, -0.25) is 14.4 Å². The number of phenolic OH excluding ortho intramolecular Hbond substituents is 2. The van der Waals surface area contributed by atoms with E-state index in [0.717, 1.165) is 6.07 Å². The third-order valence-corrected chi connectivity index (χ3v) is 7.98. The number of hydrogen-bond donors (Lipinski definition) is 4. The molecule has 2 aliphatic rings. The molecule has 4 rings (SSSR count). The van der Waals surface area contributed by atoms with Gasteiger partial charge in [-0.15, -0.1) is 0 Å². The Morgan fingerprint density at radius 3 is 2.54 bits per heavy atom. The van der Waals surface area contributed by atoms with Gasteiger partial charge in [-0.2, -0.15) is 0 Å². The second-order valence-corrected chi connectivity index (χ2v) is 11.3. The minimum atomic E-state index is -4.47. The number of halogens is 3. The molecule has 0 spiro atoms. The van der Waals surface area contributed by atoms with E-state index in [1.165, 1.54) is 12.1 Å². The quantitative estimate of drug-likeness (QED) is 0.346. The number of sulfonamides is 1. The number of carbonyl (C=O) groups is 1. The number of anilines is 1. The lowest BCUT2D eigenvalue weighted by Gasteiger charge is -2.26. The van der Waals surface area contributed by atoms with Crippen LogP contribution >= 0.6 is 27.5 Å². The lowest BCUT2D eigenvalue weighted by Crippen LogP contribution is -2.41. The zero-order chi connectivity index (χ0) is 25.3. The van der Waals surface area contributed by atoms with Crippen LogP contribution in [-0.4, -0.2) is 68.8 Å². The fourth-order valence-corrected chi connectivity index (χ4v) is 6.05. The van der Waals surface area contributed by atoms with Crippen molar-refractivity contribution in [3.63, 3.8) is 0 Å². The summed E-state index contributed by atoms with van der Waals surface area (Å²) >= 11 is 9.01. The van der Waals surface area contributed by atoms with Gasteiger partial charge in [0, 0.05) is 30.7 Å². The van der Waals surface area contributed by atoms with Gasteiger partial charge >= 0.3 is 0 Å². The van der Waals surface area contributed by atoms with E-state index in [2.05, 4.69) is 30.9 Å². The first-order valence-corrected chi connectivity index (χ1v) is 13.6. The second-order valence-electron chi connectivity index (χ2n) is 8.37. The summed E-state index contributed by atoms with van der Waals surface area (Å²) < 4.78 is 49.0. The van der Waals surface area contributed by atoms with Crippen molar-refractivity contribution in [1.82, 2.24) is 10.2 Å². The molecule has 0 bridgehead atoms. The average Bonchev–Trinajstić information content (AvgIpc) is 3.64. The SMILES string of the molecule is O=C(NCCN1CCOCC1)c1c(O)c(NS(=O)(=O)c2cc(Br)cc(Cl)c2O)cc(C2CC2)c1F. The molecule has 9 nitrogen and oxygen atoms in total. The molecule has 1 heterocycles. The number of phenols is 2. The minimum Gasteiger partial charge on any atom is -0.505 e. The lowest BCUT2D eigenvalue weighted by molar-refractivity contribution is 0.0383. The van der Waals surface area contributed by atoms with Crippen LogP contribution in [0.1, 0.15) is 34.7 Å². The summed E-state index contributed by atoms with van der Waals surface area (Å²) in [6.07, 6.45) is 1.35. The molecule has 190 valence electrons. The first kappa shape index (κ1) is 26.0.